The Labute approximate surface area is 193 Å². The SMILES string of the molecule is COC(=O)CC12CC(NC(=O)c3n[nH]c4cccc(Cc5ccc(C(F)(F)F)cc5)c34)(C1)C2C. The summed E-state index contributed by atoms with van der Waals surface area (Å²) in [4.78, 5) is 25.0. The van der Waals surface area contributed by atoms with Crippen molar-refractivity contribution in [1.29, 1.82) is 0 Å². The number of carbonyl (C=O) groups is 2. The number of hydrogen-bond acceptors (Lipinski definition) is 4. The van der Waals surface area contributed by atoms with Gasteiger partial charge in [0.1, 0.15) is 0 Å². The lowest BCUT2D eigenvalue weighted by Crippen LogP contribution is -2.81. The number of methoxy groups -OCH3 is 1. The van der Waals surface area contributed by atoms with Gasteiger partial charge in [0.25, 0.3) is 5.91 Å². The third kappa shape index (κ3) is 3.45. The molecule has 1 aromatic heterocycles. The van der Waals surface area contributed by atoms with Crippen molar-refractivity contribution in [2.24, 2.45) is 11.3 Å². The summed E-state index contributed by atoms with van der Waals surface area (Å²) in [6, 6.07) is 10.5. The van der Waals surface area contributed by atoms with Crippen LogP contribution in [0.1, 0.15) is 53.4 Å². The Morgan fingerprint density at radius 2 is 1.88 bits per heavy atom. The minimum absolute atomic E-state index is 0.109. The second-order valence-corrected chi connectivity index (χ2v) is 9.58. The number of aromatic amines is 1. The summed E-state index contributed by atoms with van der Waals surface area (Å²) in [6.45, 7) is 2.04. The second-order valence-electron chi connectivity index (χ2n) is 9.58. The van der Waals surface area contributed by atoms with Crippen molar-refractivity contribution in [2.45, 2.75) is 44.3 Å². The molecule has 1 heterocycles. The zero-order valence-corrected chi connectivity index (χ0v) is 18.8. The molecule has 0 radical (unpaired) electrons. The number of fused-ring (bicyclic) bond motifs is 1. The third-order valence-corrected chi connectivity index (χ3v) is 7.74. The van der Waals surface area contributed by atoms with E-state index in [1.165, 1.54) is 19.2 Å². The Bertz CT molecular complexity index is 1270. The highest BCUT2D eigenvalue weighted by atomic mass is 19.4. The van der Waals surface area contributed by atoms with E-state index in [1.54, 1.807) is 0 Å². The first-order chi connectivity index (χ1) is 16.1. The molecule has 0 saturated heterocycles. The van der Waals surface area contributed by atoms with Gasteiger partial charge < -0.3 is 10.1 Å². The predicted octanol–water partition coefficient (Wildman–Crippen LogP) is 4.63. The molecule has 0 aliphatic heterocycles. The number of halogens is 3. The van der Waals surface area contributed by atoms with Crippen LogP contribution in [0.25, 0.3) is 10.9 Å². The lowest BCUT2D eigenvalue weighted by Gasteiger charge is -2.75. The summed E-state index contributed by atoms with van der Waals surface area (Å²) >= 11 is 0. The van der Waals surface area contributed by atoms with Crippen molar-refractivity contribution in [3.05, 3.63) is 64.8 Å². The van der Waals surface area contributed by atoms with Crippen LogP contribution in [0.3, 0.4) is 0 Å². The first-order valence-electron chi connectivity index (χ1n) is 11.1. The zero-order valence-electron chi connectivity index (χ0n) is 18.8. The summed E-state index contributed by atoms with van der Waals surface area (Å²) in [5.41, 5.74) is 1.28. The fourth-order valence-electron chi connectivity index (χ4n) is 5.75. The first kappa shape index (κ1) is 22.4. The fourth-order valence-corrected chi connectivity index (χ4v) is 5.75. The van der Waals surface area contributed by atoms with Gasteiger partial charge in [0, 0.05) is 10.9 Å². The molecule has 9 heteroatoms. The molecule has 2 bridgehead atoms. The van der Waals surface area contributed by atoms with Crippen molar-refractivity contribution >= 4 is 22.8 Å². The number of aromatic nitrogens is 2. The van der Waals surface area contributed by atoms with Gasteiger partial charge in [-0.15, -0.1) is 0 Å². The topological polar surface area (TPSA) is 84.1 Å². The van der Waals surface area contributed by atoms with Gasteiger partial charge in [-0.1, -0.05) is 31.2 Å². The quantitative estimate of drug-likeness (QED) is 0.514. The van der Waals surface area contributed by atoms with Crippen LogP contribution in [-0.4, -0.2) is 34.7 Å². The van der Waals surface area contributed by atoms with Crippen molar-refractivity contribution in [2.75, 3.05) is 7.11 Å². The Hall–Kier alpha value is -3.36. The average molecular weight is 471 g/mol. The summed E-state index contributed by atoms with van der Waals surface area (Å²) in [6.07, 6.45) is -2.22. The molecular weight excluding hydrogens is 447 g/mol. The molecule has 6 rings (SSSR count). The maximum atomic E-state index is 13.2. The number of hydrogen-bond donors (Lipinski definition) is 2. The molecular formula is C25H24F3N3O3. The molecule has 6 nitrogen and oxygen atoms in total. The molecule has 3 fully saturated rings. The highest BCUT2D eigenvalue weighted by Gasteiger charge is 2.74. The van der Waals surface area contributed by atoms with E-state index < -0.39 is 11.7 Å². The number of rotatable bonds is 6. The minimum Gasteiger partial charge on any atom is -0.469 e. The van der Waals surface area contributed by atoms with Crippen LogP contribution in [0.2, 0.25) is 0 Å². The van der Waals surface area contributed by atoms with Gasteiger partial charge in [-0.2, -0.15) is 18.3 Å². The number of ether oxygens (including phenoxy) is 1. The van der Waals surface area contributed by atoms with Gasteiger partial charge in [-0.25, -0.2) is 0 Å². The van der Waals surface area contributed by atoms with Crippen LogP contribution in [-0.2, 0) is 22.1 Å². The van der Waals surface area contributed by atoms with Crippen molar-refractivity contribution in [1.82, 2.24) is 15.5 Å². The molecule has 34 heavy (non-hydrogen) atoms. The zero-order chi connectivity index (χ0) is 24.3. The largest absolute Gasteiger partial charge is 0.469 e. The molecule has 3 aromatic rings. The van der Waals surface area contributed by atoms with Gasteiger partial charge >= 0.3 is 12.1 Å². The van der Waals surface area contributed by atoms with E-state index >= 15 is 0 Å². The minimum atomic E-state index is -4.39. The first-order valence-corrected chi connectivity index (χ1v) is 11.1. The number of nitrogens with one attached hydrogen (secondary N) is 2. The number of carbonyl (C=O) groups excluding carboxylic acids is 2. The van der Waals surface area contributed by atoms with Crippen LogP contribution in [0, 0.1) is 11.3 Å². The third-order valence-electron chi connectivity index (χ3n) is 7.74. The van der Waals surface area contributed by atoms with Crippen molar-refractivity contribution < 1.29 is 27.5 Å². The van der Waals surface area contributed by atoms with Crippen LogP contribution >= 0.6 is 0 Å². The number of amides is 1. The highest BCUT2D eigenvalue weighted by Crippen LogP contribution is 2.72. The predicted molar refractivity (Wildman–Crippen MR) is 118 cm³/mol. The molecule has 3 aliphatic carbocycles. The molecule has 1 unspecified atom stereocenters. The van der Waals surface area contributed by atoms with Crippen LogP contribution in [0.4, 0.5) is 13.2 Å². The fraction of sp³-hybridized carbons (Fsp3) is 0.400. The molecule has 3 saturated carbocycles. The second kappa shape index (κ2) is 7.58. The van der Waals surface area contributed by atoms with E-state index in [4.69, 9.17) is 4.74 Å². The molecule has 0 spiro atoms. The molecule has 1 amide bonds. The van der Waals surface area contributed by atoms with Gasteiger partial charge in [0.2, 0.25) is 0 Å². The van der Waals surface area contributed by atoms with Crippen LogP contribution in [0.5, 0.6) is 0 Å². The standard InChI is InChI=1S/C25H24F3N3O3/c1-14-23(11-19(32)34-2)12-24(14,13-23)29-22(33)21-20-16(4-3-5-18(20)30-31-21)10-15-6-8-17(9-7-15)25(26,27)28/h3-9,14H,10-13H2,1-2H3,(H,29,33)(H,30,31). The van der Waals surface area contributed by atoms with E-state index in [9.17, 15) is 22.8 Å². The lowest BCUT2D eigenvalue weighted by molar-refractivity contribution is -0.223. The number of benzene rings is 2. The number of H-pyrrole nitrogens is 1. The van der Waals surface area contributed by atoms with Crippen LogP contribution < -0.4 is 5.32 Å². The van der Waals surface area contributed by atoms with Crippen LogP contribution in [0.15, 0.2) is 42.5 Å². The number of esters is 1. The van der Waals surface area contributed by atoms with E-state index in [-0.39, 0.29) is 34.4 Å². The molecule has 3 aliphatic rings. The average Bonchev–Trinajstić information content (AvgIpc) is 3.23. The van der Waals surface area contributed by atoms with E-state index in [0.29, 0.717) is 29.3 Å². The van der Waals surface area contributed by atoms with E-state index in [0.717, 1.165) is 30.5 Å². The Kier molecular flexibility index (Phi) is 5.00. The molecule has 2 N–H and O–H groups in total. The monoisotopic (exact) mass is 471 g/mol. The van der Waals surface area contributed by atoms with Gasteiger partial charge in [0.05, 0.1) is 24.6 Å². The van der Waals surface area contributed by atoms with Crippen molar-refractivity contribution in [3.8, 4) is 0 Å². The smallest absolute Gasteiger partial charge is 0.416 e. The van der Waals surface area contributed by atoms with Gasteiger partial charge in [-0.3, -0.25) is 14.7 Å². The Balaban J connectivity index is 1.35. The maximum Gasteiger partial charge on any atom is 0.416 e. The summed E-state index contributed by atoms with van der Waals surface area (Å²) in [7, 11) is 1.38. The number of nitrogens with zero attached hydrogens (tertiary/aromatic N) is 1. The Morgan fingerprint density at radius 1 is 1.18 bits per heavy atom. The van der Waals surface area contributed by atoms with Gasteiger partial charge in [-0.05, 0) is 59.9 Å². The van der Waals surface area contributed by atoms with E-state index in [1.807, 2.05) is 25.1 Å². The maximum absolute atomic E-state index is 13.2. The summed E-state index contributed by atoms with van der Waals surface area (Å²) < 4.78 is 43.4. The lowest BCUT2D eigenvalue weighted by atomic mass is 9.32. The normalized spacial score (nSPS) is 25.4. The molecule has 178 valence electrons. The highest BCUT2D eigenvalue weighted by molar-refractivity contribution is 6.06. The Morgan fingerprint density at radius 3 is 2.50 bits per heavy atom. The number of alkyl halides is 3. The molecule has 2 aromatic carbocycles. The summed E-state index contributed by atoms with van der Waals surface area (Å²) in [5.74, 6) is -0.387. The summed E-state index contributed by atoms with van der Waals surface area (Å²) in [5, 5.41) is 10.9. The van der Waals surface area contributed by atoms with Gasteiger partial charge in [0.15, 0.2) is 5.69 Å². The van der Waals surface area contributed by atoms with E-state index in [2.05, 4.69) is 15.5 Å². The molecule has 1 atom stereocenters. The van der Waals surface area contributed by atoms with Crippen molar-refractivity contribution in [3.63, 3.8) is 0 Å².